The minimum atomic E-state index is 0.353. The van der Waals surface area contributed by atoms with Gasteiger partial charge in [-0.05, 0) is 39.2 Å². The predicted molar refractivity (Wildman–Crippen MR) is 88.4 cm³/mol. The van der Waals surface area contributed by atoms with Crippen LogP contribution in [0.1, 0.15) is 62.9 Å². The van der Waals surface area contributed by atoms with E-state index >= 15 is 0 Å². The molecule has 0 amide bonds. The van der Waals surface area contributed by atoms with Crippen LogP contribution in [0.4, 0.5) is 5.82 Å². The van der Waals surface area contributed by atoms with Gasteiger partial charge in [-0.3, -0.25) is 0 Å². The van der Waals surface area contributed by atoms with Crippen molar-refractivity contribution in [2.45, 2.75) is 58.4 Å². The molecular formula is C18H25N3. The summed E-state index contributed by atoms with van der Waals surface area (Å²) >= 11 is 0. The highest BCUT2D eigenvalue weighted by Crippen LogP contribution is 2.39. The number of nitrogen functional groups attached to an aromatic ring is 1. The number of aryl methyl sites for hydroxylation is 1. The molecule has 1 aromatic heterocycles. The molecule has 3 heteroatoms. The zero-order valence-corrected chi connectivity index (χ0v) is 13.3. The summed E-state index contributed by atoms with van der Waals surface area (Å²) in [5, 5.41) is 0. The number of nitrogens with zero attached hydrogens (tertiary/aromatic N) is 2. The third-order valence-electron chi connectivity index (χ3n) is 4.61. The van der Waals surface area contributed by atoms with Gasteiger partial charge in [0.15, 0.2) is 0 Å². The van der Waals surface area contributed by atoms with Gasteiger partial charge in [0.05, 0.1) is 0 Å². The Balaban J connectivity index is 2.14. The largest absolute Gasteiger partial charge is 0.383 e. The fourth-order valence-corrected chi connectivity index (χ4v) is 3.51. The van der Waals surface area contributed by atoms with Crippen molar-refractivity contribution in [3.8, 4) is 11.3 Å². The van der Waals surface area contributed by atoms with E-state index in [0.717, 1.165) is 17.1 Å². The van der Waals surface area contributed by atoms with E-state index in [0.29, 0.717) is 12.0 Å². The van der Waals surface area contributed by atoms with Gasteiger partial charge >= 0.3 is 0 Å². The molecule has 2 N–H and O–H groups in total. The molecule has 1 aliphatic rings. The van der Waals surface area contributed by atoms with Crippen LogP contribution in [0, 0.1) is 6.92 Å². The summed E-state index contributed by atoms with van der Waals surface area (Å²) in [5.41, 5.74) is 9.83. The monoisotopic (exact) mass is 283 g/mol. The van der Waals surface area contributed by atoms with Crippen molar-refractivity contribution in [1.29, 1.82) is 0 Å². The molecule has 0 saturated heterocycles. The molecule has 1 saturated carbocycles. The topological polar surface area (TPSA) is 43.8 Å². The summed E-state index contributed by atoms with van der Waals surface area (Å²) < 4.78 is 2.25. The molecule has 0 atom stereocenters. The van der Waals surface area contributed by atoms with Gasteiger partial charge in [-0.1, -0.05) is 37.1 Å². The number of aromatic nitrogens is 2. The van der Waals surface area contributed by atoms with Crippen LogP contribution in [0.2, 0.25) is 0 Å². The second-order valence-corrected chi connectivity index (χ2v) is 6.46. The van der Waals surface area contributed by atoms with E-state index in [2.05, 4.69) is 49.6 Å². The lowest BCUT2D eigenvalue weighted by molar-refractivity contribution is 0.534. The molecule has 0 bridgehead atoms. The molecule has 1 aromatic carbocycles. The third-order valence-corrected chi connectivity index (χ3v) is 4.61. The van der Waals surface area contributed by atoms with Crippen molar-refractivity contribution in [2.75, 3.05) is 5.73 Å². The SMILES string of the molecule is Cc1ccccc1-c1nc(C2CCCC2)n(C(C)C)c1N. The molecular weight excluding hydrogens is 258 g/mol. The molecule has 3 rings (SSSR count). The normalized spacial score (nSPS) is 16.0. The molecule has 1 aliphatic carbocycles. The van der Waals surface area contributed by atoms with E-state index < -0.39 is 0 Å². The number of imidazole rings is 1. The zero-order chi connectivity index (χ0) is 15.0. The first-order valence-electron chi connectivity index (χ1n) is 8.03. The van der Waals surface area contributed by atoms with Gasteiger partial charge in [-0.2, -0.15) is 0 Å². The van der Waals surface area contributed by atoms with Gasteiger partial charge in [-0.15, -0.1) is 0 Å². The Hall–Kier alpha value is -1.77. The maximum atomic E-state index is 6.47. The summed E-state index contributed by atoms with van der Waals surface area (Å²) in [5.74, 6) is 2.59. The van der Waals surface area contributed by atoms with Gasteiger partial charge in [0.25, 0.3) is 0 Å². The van der Waals surface area contributed by atoms with Crippen LogP contribution < -0.4 is 5.73 Å². The maximum absolute atomic E-state index is 6.47. The summed E-state index contributed by atoms with van der Waals surface area (Å²) in [7, 11) is 0. The lowest BCUT2D eigenvalue weighted by atomic mass is 10.1. The highest BCUT2D eigenvalue weighted by molar-refractivity contribution is 5.73. The van der Waals surface area contributed by atoms with Crippen molar-refractivity contribution in [2.24, 2.45) is 0 Å². The molecule has 3 nitrogen and oxygen atoms in total. The number of anilines is 1. The molecule has 0 aliphatic heterocycles. The van der Waals surface area contributed by atoms with Crippen LogP contribution in [-0.4, -0.2) is 9.55 Å². The van der Waals surface area contributed by atoms with Crippen molar-refractivity contribution >= 4 is 5.82 Å². The number of benzene rings is 1. The van der Waals surface area contributed by atoms with Gasteiger partial charge in [0.1, 0.15) is 17.3 Å². The van der Waals surface area contributed by atoms with Crippen LogP contribution in [0.25, 0.3) is 11.3 Å². The highest BCUT2D eigenvalue weighted by Gasteiger charge is 2.27. The van der Waals surface area contributed by atoms with Crippen LogP contribution >= 0.6 is 0 Å². The second kappa shape index (κ2) is 5.55. The van der Waals surface area contributed by atoms with Crippen molar-refractivity contribution in [3.63, 3.8) is 0 Å². The van der Waals surface area contributed by atoms with E-state index in [1.807, 2.05) is 0 Å². The fraction of sp³-hybridized carbons (Fsp3) is 0.500. The van der Waals surface area contributed by atoms with E-state index in [1.54, 1.807) is 0 Å². The van der Waals surface area contributed by atoms with E-state index in [1.165, 1.54) is 37.1 Å². The Morgan fingerprint density at radius 2 is 1.86 bits per heavy atom. The Kier molecular flexibility index (Phi) is 3.75. The maximum Gasteiger partial charge on any atom is 0.131 e. The highest BCUT2D eigenvalue weighted by atomic mass is 15.2. The Morgan fingerprint density at radius 3 is 2.48 bits per heavy atom. The van der Waals surface area contributed by atoms with Gasteiger partial charge in [0.2, 0.25) is 0 Å². The van der Waals surface area contributed by atoms with Crippen LogP contribution in [-0.2, 0) is 0 Å². The standard InChI is InChI=1S/C18H25N3/c1-12(2)21-17(19)16(15-11-7-4-8-13(15)3)20-18(21)14-9-5-6-10-14/h4,7-8,11-12,14H,5-6,9-10,19H2,1-3H3. The van der Waals surface area contributed by atoms with Crippen LogP contribution in [0.3, 0.4) is 0 Å². The van der Waals surface area contributed by atoms with Crippen LogP contribution in [0.5, 0.6) is 0 Å². The Morgan fingerprint density at radius 1 is 1.19 bits per heavy atom. The number of rotatable bonds is 3. The minimum absolute atomic E-state index is 0.353. The van der Waals surface area contributed by atoms with Crippen molar-refractivity contribution in [3.05, 3.63) is 35.7 Å². The molecule has 0 spiro atoms. The van der Waals surface area contributed by atoms with Gasteiger partial charge in [-0.25, -0.2) is 4.98 Å². The minimum Gasteiger partial charge on any atom is -0.383 e. The third kappa shape index (κ3) is 2.45. The lowest BCUT2D eigenvalue weighted by Crippen LogP contribution is -2.11. The molecule has 1 fully saturated rings. The average Bonchev–Trinajstić information content (AvgIpc) is 3.06. The number of nitrogens with two attached hydrogens (primary N) is 1. The first kappa shape index (κ1) is 14.2. The summed E-state index contributed by atoms with van der Waals surface area (Å²) in [6.45, 7) is 6.51. The lowest BCUT2D eigenvalue weighted by Gasteiger charge is -2.17. The number of hydrogen-bond donors (Lipinski definition) is 1. The molecule has 21 heavy (non-hydrogen) atoms. The zero-order valence-electron chi connectivity index (χ0n) is 13.3. The van der Waals surface area contributed by atoms with Crippen molar-refractivity contribution < 1.29 is 0 Å². The summed E-state index contributed by atoms with van der Waals surface area (Å²) in [4.78, 5) is 4.98. The van der Waals surface area contributed by atoms with E-state index in [4.69, 9.17) is 10.7 Å². The fourth-order valence-electron chi connectivity index (χ4n) is 3.51. The first-order valence-corrected chi connectivity index (χ1v) is 8.03. The molecule has 112 valence electrons. The number of hydrogen-bond acceptors (Lipinski definition) is 2. The van der Waals surface area contributed by atoms with E-state index in [-0.39, 0.29) is 0 Å². The van der Waals surface area contributed by atoms with Crippen molar-refractivity contribution in [1.82, 2.24) is 9.55 Å². The van der Waals surface area contributed by atoms with E-state index in [9.17, 15) is 0 Å². The molecule has 2 aromatic rings. The summed E-state index contributed by atoms with van der Waals surface area (Å²) in [6.07, 6.45) is 5.12. The Labute approximate surface area is 127 Å². The smallest absolute Gasteiger partial charge is 0.131 e. The Bertz CT molecular complexity index is 634. The average molecular weight is 283 g/mol. The second-order valence-electron chi connectivity index (χ2n) is 6.46. The first-order chi connectivity index (χ1) is 10.1. The van der Waals surface area contributed by atoms with Crippen LogP contribution in [0.15, 0.2) is 24.3 Å². The molecule has 1 heterocycles. The van der Waals surface area contributed by atoms with Gasteiger partial charge < -0.3 is 10.3 Å². The van der Waals surface area contributed by atoms with Gasteiger partial charge in [0, 0.05) is 17.5 Å². The predicted octanol–water partition coefficient (Wildman–Crippen LogP) is 4.68. The quantitative estimate of drug-likeness (QED) is 0.888. The molecule has 0 radical (unpaired) electrons. The summed E-state index contributed by atoms with van der Waals surface area (Å²) in [6, 6.07) is 8.72. The molecule has 0 unspecified atom stereocenters.